The van der Waals surface area contributed by atoms with Crippen LogP contribution in [0.5, 0.6) is 5.75 Å². The molecule has 0 aromatic heterocycles. The normalized spacial score (nSPS) is 11.3. The van der Waals surface area contributed by atoms with E-state index in [1.807, 2.05) is 14.1 Å². The Morgan fingerprint density at radius 1 is 1.06 bits per heavy atom. The van der Waals surface area contributed by atoms with Crippen molar-refractivity contribution >= 4 is 0 Å². The molecule has 1 aromatic rings. The zero-order valence-electron chi connectivity index (χ0n) is 11.7. The number of aryl methyl sites for hydroxylation is 1. The molecule has 0 radical (unpaired) electrons. The molecule has 0 aliphatic heterocycles. The van der Waals surface area contributed by atoms with Crippen LogP contribution in [-0.4, -0.2) is 21.2 Å². The van der Waals surface area contributed by atoms with Crippen LogP contribution in [0.15, 0.2) is 12.1 Å². The van der Waals surface area contributed by atoms with E-state index in [0.717, 1.165) is 5.75 Å². The van der Waals surface area contributed by atoms with Crippen molar-refractivity contribution in [2.75, 3.05) is 21.2 Å². The Labute approximate surface area is 105 Å². The van der Waals surface area contributed by atoms with Gasteiger partial charge in [-0.2, -0.15) is 0 Å². The molecule has 0 saturated carbocycles. The molecule has 3 heteroatoms. The number of hydrogen-bond acceptors (Lipinski definition) is 3. The lowest BCUT2D eigenvalue weighted by Crippen LogP contribution is -2.29. The van der Waals surface area contributed by atoms with Crippen molar-refractivity contribution in [2.45, 2.75) is 32.9 Å². The monoisotopic (exact) mass is 236 g/mol. The minimum Gasteiger partial charge on any atom is -0.496 e. The van der Waals surface area contributed by atoms with E-state index >= 15 is 0 Å². The van der Waals surface area contributed by atoms with Gasteiger partial charge in [-0.3, -0.25) is 0 Å². The largest absolute Gasteiger partial charge is 0.496 e. The molecule has 2 N–H and O–H groups in total. The number of rotatable bonds is 5. The van der Waals surface area contributed by atoms with Gasteiger partial charge in [0.15, 0.2) is 0 Å². The Morgan fingerprint density at radius 2 is 1.65 bits per heavy atom. The molecular formula is C14H24N2O. The van der Waals surface area contributed by atoms with Crippen molar-refractivity contribution in [1.29, 1.82) is 0 Å². The highest BCUT2D eigenvalue weighted by Gasteiger charge is 2.15. The summed E-state index contributed by atoms with van der Waals surface area (Å²) in [6.07, 6.45) is 0.179. The molecule has 0 spiro atoms. The van der Waals surface area contributed by atoms with Gasteiger partial charge in [-0.1, -0.05) is 13.8 Å². The van der Waals surface area contributed by atoms with Gasteiger partial charge in [0.05, 0.1) is 13.3 Å². The van der Waals surface area contributed by atoms with Gasteiger partial charge in [-0.25, -0.2) is 0 Å². The molecule has 0 aliphatic carbocycles. The summed E-state index contributed by atoms with van der Waals surface area (Å²) in [4.78, 5) is 0. The van der Waals surface area contributed by atoms with Crippen LogP contribution in [-0.2, 0) is 0 Å². The van der Waals surface area contributed by atoms with Crippen molar-refractivity contribution in [3.05, 3.63) is 28.8 Å². The summed E-state index contributed by atoms with van der Waals surface area (Å²) in [6, 6.07) is 4.35. The van der Waals surface area contributed by atoms with Crippen LogP contribution in [0.2, 0.25) is 0 Å². The standard InChI is InChI=1S/C14H24N2O/c1-9(2)11-8-12(14(15-4)16-5)10(3)7-13(11)17-6/h7-9,14-16H,1-6H3. The minimum absolute atomic E-state index is 0.179. The first-order chi connectivity index (χ1) is 8.04. The maximum absolute atomic E-state index is 5.45. The van der Waals surface area contributed by atoms with Crippen molar-refractivity contribution in [3.63, 3.8) is 0 Å². The van der Waals surface area contributed by atoms with Gasteiger partial charge in [0.25, 0.3) is 0 Å². The Bertz CT molecular complexity index is 371. The highest BCUT2D eigenvalue weighted by atomic mass is 16.5. The lowest BCUT2D eigenvalue weighted by atomic mass is 9.95. The van der Waals surface area contributed by atoms with Gasteiger partial charge in [0.2, 0.25) is 0 Å². The Morgan fingerprint density at radius 3 is 2.06 bits per heavy atom. The number of hydrogen-bond donors (Lipinski definition) is 2. The molecular weight excluding hydrogens is 212 g/mol. The molecule has 1 rings (SSSR count). The van der Waals surface area contributed by atoms with Crippen LogP contribution < -0.4 is 15.4 Å². The highest BCUT2D eigenvalue weighted by molar-refractivity contribution is 5.44. The van der Waals surface area contributed by atoms with Gasteiger partial charge in [0, 0.05) is 0 Å². The lowest BCUT2D eigenvalue weighted by Gasteiger charge is -2.22. The summed E-state index contributed by atoms with van der Waals surface area (Å²) in [7, 11) is 5.65. The third-order valence-electron chi connectivity index (χ3n) is 3.13. The van der Waals surface area contributed by atoms with Crippen molar-refractivity contribution < 1.29 is 4.74 Å². The average Bonchev–Trinajstić information content (AvgIpc) is 2.31. The molecule has 17 heavy (non-hydrogen) atoms. The zero-order valence-corrected chi connectivity index (χ0v) is 11.7. The van der Waals surface area contributed by atoms with Gasteiger partial charge in [-0.15, -0.1) is 0 Å². The quantitative estimate of drug-likeness (QED) is 0.771. The van der Waals surface area contributed by atoms with E-state index in [4.69, 9.17) is 4.74 Å². The summed E-state index contributed by atoms with van der Waals surface area (Å²) in [5.74, 6) is 1.44. The van der Waals surface area contributed by atoms with Gasteiger partial charge >= 0.3 is 0 Å². The fourth-order valence-corrected chi connectivity index (χ4v) is 2.11. The van der Waals surface area contributed by atoms with Crippen molar-refractivity contribution in [2.24, 2.45) is 0 Å². The molecule has 96 valence electrons. The molecule has 3 nitrogen and oxygen atoms in total. The Hall–Kier alpha value is -1.06. The summed E-state index contributed by atoms with van der Waals surface area (Å²) in [5, 5.41) is 6.52. The summed E-state index contributed by atoms with van der Waals surface area (Å²) in [5.41, 5.74) is 3.77. The van der Waals surface area contributed by atoms with E-state index in [9.17, 15) is 0 Å². The van der Waals surface area contributed by atoms with E-state index in [1.165, 1.54) is 16.7 Å². The van der Waals surface area contributed by atoms with Crippen LogP contribution in [0.1, 0.15) is 42.6 Å². The van der Waals surface area contributed by atoms with E-state index in [0.29, 0.717) is 5.92 Å². The number of benzene rings is 1. The molecule has 0 fully saturated rings. The second kappa shape index (κ2) is 6.03. The highest BCUT2D eigenvalue weighted by Crippen LogP contribution is 2.31. The van der Waals surface area contributed by atoms with Crippen LogP contribution in [0, 0.1) is 6.92 Å². The Balaban J connectivity index is 3.28. The van der Waals surface area contributed by atoms with Crippen LogP contribution in [0.25, 0.3) is 0 Å². The molecule has 0 atom stereocenters. The molecule has 0 unspecified atom stereocenters. The first-order valence-electron chi connectivity index (χ1n) is 6.08. The predicted octanol–water partition coefficient (Wildman–Crippen LogP) is 2.56. The first kappa shape index (κ1) is 14.0. The van der Waals surface area contributed by atoms with E-state index < -0.39 is 0 Å². The van der Waals surface area contributed by atoms with Crippen molar-refractivity contribution in [1.82, 2.24) is 10.6 Å². The first-order valence-corrected chi connectivity index (χ1v) is 6.08. The summed E-state index contributed by atoms with van der Waals surface area (Å²) < 4.78 is 5.45. The number of ether oxygens (including phenoxy) is 1. The van der Waals surface area contributed by atoms with Crippen LogP contribution in [0.3, 0.4) is 0 Å². The second-order valence-corrected chi connectivity index (χ2v) is 4.62. The third-order valence-corrected chi connectivity index (χ3v) is 3.13. The summed E-state index contributed by atoms with van der Waals surface area (Å²) in [6.45, 7) is 6.49. The fraction of sp³-hybridized carbons (Fsp3) is 0.571. The van der Waals surface area contributed by atoms with E-state index in [-0.39, 0.29) is 6.17 Å². The van der Waals surface area contributed by atoms with Crippen molar-refractivity contribution in [3.8, 4) is 5.75 Å². The van der Waals surface area contributed by atoms with E-state index in [2.05, 4.69) is 43.5 Å². The van der Waals surface area contributed by atoms with Crippen LogP contribution >= 0.6 is 0 Å². The van der Waals surface area contributed by atoms with Gasteiger partial charge in [0.1, 0.15) is 5.75 Å². The zero-order chi connectivity index (χ0) is 13.0. The molecule has 0 heterocycles. The fourth-order valence-electron chi connectivity index (χ4n) is 2.11. The topological polar surface area (TPSA) is 33.3 Å². The smallest absolute Gasteiger partial charge is 0.122 e. The number of methoxy groups -OCH3 is 1. The molecule has 1 aromatic carbocycles. The molecule has 0 saturated heterocycles. The second-order valence-electron chi connectivity index (χ2n) is 4.62. The SMILES string of the molecule is CNC(NC)c1cc(C(C)C)c(OC)cc1C. The predicted molar refractivity (Wildman–Crippen MR) is 72.7 cm³/mol. The minimum atomic E-state index is 0.179. The third kappa shape index (κ3) is 2.99. The Kier molecular flexibility index (Phi) is 4.97. The molecule has 0 bridgehead atoms. The van der Waals surface area contributed by atoms with Gasteiger partial charge in [-0.05, 0) is 55.8 Å². The maximum atomic E-state index is 5.45. The van der Waals surface area contributed by atoms with Crippen LogP contribution in [0.4, 0.5) is 0 Å². The van der Waals surface area contributed by atoms with Gasteiger partial charge < -0.3 is 15.4 Å². The summed E-state index contributed by atoms with van der Waals surface area (Å²) >= 11 is 0. The number of nitrogens with one attached hydrogen (secondary N) is 2. The lowest BCUT2D eigenvalue weighted by molar-refractivity contribution is 0.406. The maximum Gasteiger partial charge on any atom is 0.122 e. The molecule has 0 amide bonds. The average molecular weight is 236 g/mol. The molecule has 0 aliphatic rings. The van der Waals surface area contributed by atoms with E-state index in [1.54, 1.807) is 7.11 Å².